The molecule has 2 fully saturated rings. The van der Waals surface area contributed by atoms with E-state index in [1.54, 1.807) is 0 Å². The fourth-order valence-corrected chi connectivity index (χ4v) is 3.94. The second-order valence-corrected chi connectivity index (χ2v) is 7.49. The molecule has 0 aromatic carbocycles. The molecule has 2 saturated heterocycles. The van der Waals surface area contributed by atoms with E-state index in [4.69, 9.17) is 9.73 Å². The lowest BCUT2D eigenvalue weighted by atomic mass is 9.96. The van der Waals surface area contributed by atoms with Crippen LogP contribution in [0.25, 0.3) is 0 Å². The second kappa shape index (κ2) is 13.6. The summed E-state index contributed by atoms with van der Waals surface area (Å²) in [6.45, 7) is 13.9. The van der Waals surface area contributed by atoms with Crippen molar-refractivity contribution in [3.8, 4) is 0 Å². The van der Waals surface area contributed by atoms with E-state index in [2.05, 4.69) is 29.0 Å². The third kappa shape index (κ3) is 8.13. The van der Waals surface area contributed by atoms with Gasteiger partial charge in [-0.1, -0.05) is 6.92 Å². The summed E-state index contributed by atoms with van der Waals surface area (Å²) >= 11 is 0. The smallest absolute Gasteiger partial charge is 0.309 e. The number of nitrogens with zero attached hydrogens (tertiary/aromatic N) is 3. The molecule has 0 aromatic rings. The highest BCUT2D eigenvalue weighted by molar-refractivity contribution is 14.0. The first-order chi connectivity index (χ1) is 12.7. The van der Waals surface area contributed by atoms with Gasteiger partial charge in [-0.2, -0.15) is 0 Å². The Morgan fingerprint density at radius 1 is 1.07 bits per heavy atom. The van der Waals surface area contributed by atoms with Crippen LogP contribution in [0.4, 0.5) is 0 Å². The van der Waals surface area contributed by atoms with Gasteiger partial charge in [0.05, 0.1) is 12.5 Å². The van der Waals surface area contributed by atoms with Crippen molar-refractivity contribution >= 4 is 35.9 Å². The summed E-state index contributed by atoms with van der Waals surface area (Å²) < 4.78 is 5.17. The number of guanidine groups is 1. The third-order valence-corrected chi connectivity index (χ3v) is 5.50. The van der Waals surface area contributed by atoms with Crippen LogP contribution in [0.15, 0.2) is 4.99 Å². The Hall–Kier alpha value is -0.570. The van der Waals surface area contributed by atoms with Gasteiger partial charge in [-0.25, -0.2) is 0 Å². The predicted octanol–water partition coefficient (Wildman–Crippen LogP) is 2.97. The third-order valence-electron chi connectivity index (χ3n) is 5.50. The molecule has 0 radical (unpaired) electrons. The minimum atomic E-state index is -0.0343. The van der Waals surface area contributed by atoms with Gasteiger partial charge in [0.25, 0.3) is 0 Å². The zero-order valence-electron chi connectivity index (χ0n) is 17.4. The summed E-state index contributed by atoms with van der Waals surface area (Å²) in [6, 6.07) is 0. The maximum Gasteiger partial charge on any atom is 0.309 e. The van der Waals surface area contributed by atoms with E-state index < -0.39 is 0 Å². The van der Waals surface area contributed by atoms with Crippen LogP contribution in [0.5, 0.6) is 0 Å². The number of nitrogens with one attached hydrogen (secondary N) is 1. The molecule has 158 valence electrons. The number of aliphatic imine (C=N–C) groups is 1. The lowest BCUT2D eigenvalue weighted by Crippen LogP contribution is -2.47. The van der Waals surface area contributed by atoms with Crippen molar-refractivity contribution in [2.75, 3.05) is 52.4 Å². The summed E-state index contributed by atoms with van der Waals surface area (Å²) in [5, 5.41) is 3.44. The maximum absolute atomic E-state index is 11.9. The van der Waals surface area contributed by atoms with E-state index in [9.17, 15) is 4.79 Å². The molecule has 2 rings (SSSR count). The number of hydrogen-bond acceptors (Lipinski definition) is 4. The first-order valence-corrected chi connectivity index (χ1v) is 10.6. The molecule has 0 atom stereocenters. The Bertz CT molecular complexity index is 445. The lowest BCUT2D eigenvalue weighted by molar-refractivity contribution is -0.149. The summed E-state index contributed by atoms with van der Waals surface area (Å²) in [6.07, 6.45) is 5.48. The highest BCUT2D eigenvalue weighted by Gasteiger charge is 2.27. The zero-order valence-corrected chi connectivity index (χ0v) is 19.7. The van der Waals surface area contributed by atoms with Crippen LogP contribution in [-0.2, 0) is 9.53 Å². The van der Waals surface area contributed by atoms with Gasteiger partial charge in [0.15, 0.2) is 5.96 Å². The molecule has 2 aliphatic rings. The van der Waals surface area contributed by atoms with Gasteiger partial charge in [-0.15, -0.1) is 24.0 Å². The standard InChI is InChI=1S/C20H38N4O2.HI/c1-4-11-23-12-7-17(8-13-23)16-22-20(21-5-2)24-14-9-18(10-15-24)19(25)26-6-3;/h17-18H,4-16H2,1-3H3,(H,21,22);1H. The second-order valence-electron chi connectivity index (χ2n) is 7.49. The molecule has 0 unspecified atom stereocenters. The topological polar surface area (TPSA) is 57.2 Å². The van der Waals surface area contributed by atoms with Crippen LogP contribution in [0.3, 0.4) is 0 Å². The first-order valence-electron chi connectivity index (χ1n) is 10.6. The van der Waals surface area contributed by atoms with Crippen LogP contribution in [0, 0.1) is 11.8 Å². The number of piperidine rings is 2. The molecule has 0 aliphatic carbocycles. The molecular formula is C20H39IN4O2. The Balaban J connectivity index is 0.00000364. The van der Waals surface area contributed by atoms with Crippen LogP contribution >= 0.6 is 24.0 Å². The molecule has 0 aromatic heterocycles. The molecule has 0 saturated carbocycles. The number of carbonyl (C=O) groups is 1. The number of rotatable bonds is 7. The van der Waals surface area contributed by atoms with Gasteiger partial charge in [0.1, 0.15) is 0 Å². The summed E-state index contributed by atoms with van der Waals surface area (Å²) in [5.74, 6) is 1.74. The first kappa shape index (κ1) is 24.5. The minimum absolute atomic E-state index is 0. The largest absolute Gasteiger partial charge is 0.466 e. The van der Waals surface area contributed by atoms with Crippen molar-refractivity contribution in [3.05, 3.63) is 0 Å². The van der Waals surface area contributed by atoms with Crippen molar-refractivity contribution in [1.82, 2.24) is 15.1 Å². The molecule has 6 nitrogen and oxygen atoms in total. The van der Waals surface area contributed by atoms with Crippen molar-refractivity contribution < 1.29 is 9.53 Å². The SMILES string of the molecule is CCCN1CCC(CN=C(NCC)N2CCC(C(=O)OCC)CC2)CC1.I. The molecule has 0 spiro atoms. The monoisotopic (exact) mass is 494 g/mol. The average molecular weight is 494 g/mol. The fraction of sp³-hybridized carbons (Fsp3) is 0.900. The van der Waals surface area contributed by atoms with Crippen LogP contribution in [-0.4, -0.2) is 74.1 Å². The predicted molar refractivity (Wildman–Crippen MR) is 122 cm³/mol. The fourth-order valence-electron chi connectivity index (χ4n) is 3.94. The van der Waals surface area contributed by atoms with Crippen molar-refractivity contribution in [3.63, 3.8) is 0 Å². The average Bonchev–Trinajstić information content (AvgIpc) is 2.67. The number of carbonyl (C=O) groups excluding carboxylic acids is 1. The molecule has 0 amide bonds. The Morgan fingerprint density at radius 2 is 1.74 bits per heavy atom. The molecule has 7 heteroatoms. The zero-order chi connectivity index (χ0) is 18.8. The van der Waals surface area contributed by atoms with E-state index >= 15 is 0 Å². The van der Waals surface area contributed by atoms with Gasteiger partial charge >= 0.3 is 5.97 Å². The van der Waals surface area contributed by atoms with Gasteiger partial charge in [-0.05, 0) is 71.5 Å². The maximum atomic E-state index is 11.9. The quantitative estimate of drug-likeness (QED) is 0.255. The number of esters is 1. The Morgan fingerprint density at radius 3 is 2.30 bits per heavy atom. The molecular weight excluding hydrogens is 455 g/mol. The van der Waals surface area contributed by atoms with E-state index in [1.807, 2.05) is 6.92 Å². The van der Waals surface area contributed by atoms with Gasteiger partial charge < -0.3 is 19.9 Å². The van der Waals surface area contributed by atoms with Crippen LogP contribution in [0.1, 0.15) is 52.9 Å². The van der Waals surface area contributed by atoms with E-state index in [0.717, 1.165) is 45.0 Å². The minimum Gasteiger partial charge on any atom is -0.466 e. The van der Waals surface area contributed by atoms with Crippen molar-refractivity contribution in [2.45, 2.75) is 52.9 Å². The highest BCUT2D eigenvalue weighted by Crippen LogP contribution is 2.20. The van der Waals surface area contributed by atoms with E-state index in [0.29, 0.717) is 12.5 Å². The molecule has 2 heterocycles. The van der Waals surface area contributed by atoms with Gasteiger partial charge in [0.2, 0.25) is 0 Å². The summed E-state index contributed by atoms with van der Waals surface area (Å²) in [4.78, 5) is 21.7. The molecule has 1 N–H and O–H groups in total. The van der Waals surface area contributed by atoms with Crippen LogP contribution < -0.4 is 5.32 Å². The Labute approximate surface area is 182 Å². The number of hydrogen-bond donors (Lipinski definition) is 1. The summed E-state index contributed by atoms with van der Waals surface area (Å²) in [7, 11) is 0. The number of ether oxygens (including phenoxy) is 1. The molecule has 27 heavy (non-hydrogen) atoms. The lowest BCUT2D eigenvalue weighted by Gasteiger charge is -2.34. The molecule has 0 bridgehead atoms. The van der Waals surface area contributed by atoms with Gasteiger partial charge in [-0.3, -0.25) is 9.79 Å². The normalized spacial score (nSPS) is 20.3. The van der Waals surface area contributed by atoms with Crippen molar-refractivity contribution in [2.24, 2.45) is 16.8 Å². The highest BCUT2D eigenvalue weighted by atomic mass is 127. The van der Waals surface area contributed by atoms with Crippen molar-refractivity contribution in [1.29, 1.82) is 0 Å². The number of likely N-dealkylation sites (tertiary alicyclic amines) is 2. The van der Waals surface area contributed by atoms with E-state index in [-0.39, 0.29) is 35.9 Å². The van der Waals surface area contributed by atoms with Crippen LogP contribution in [0.2, 0.25) is 0 Å². The number of halogens is 1. The Kier molecular flexibility index (Phi) is 12.3. The summed E-state index contributed by atoms with van der Waals surface area (Å²) in [5.41, 5.74) is 0. The molecule has 2 aliphatic heterocycles. The van der Waals surface area contributed by atoms with E-state index in [1.165, 1.54) is 38.9 Å². The van der Waals surface area contributed by atoms with Gasteiger partial charge in [0, 0.05) is 26.2 Å².